The highest BCUT2D eigenvalue weighted by Gasteiger charge is 2.42. The summed E-state index contributed by atoms with van der Waals surface area (Å²) >= 11 is 0. The number of pyridine rings is 1. The third-order valence-corrected chi connectivity index (χ3v) is 7.77. The molecule has 3 heterocycles. The molecule has 38 heavy (non-hydrogen) atoms. The van der Waals surface area contributed by atoms with E-state index in [2.05, 4.69) is 44.5 Å². The molecule has 194 valence electrons. The van der Waals surface area contributed by atoms with Gasteiger partial charge in [0.25, 0.3) is 0 Å². The first-order chi connectivity index (χ1) is 18.6. The number of aliphatic hydroxyl groups excluding tert-OH is 2. The second-order valence-corrected chi connectivity index (χ2v) is 10.2. The normalized spacial score (nSPS) is 21.3. The van der Waals surface area contributed by atoms with Crippen LogP contribution >= 0.6 is 0 Å². The van der Waals surface area contributed by atoms with Gasteiger partial charge in [-0.05, 0) is 73.1 Å². The molecule has 0 saturated heterocycles. The fraction of sp³-hybridized carbons (Fsp3) is 0.300. The van der Waals surface area contributed by atoms with Crippen molar-refractivity contribution < 1.29 is 10.2 Å². The van der Waals surface area contributed by atoms with E-state index in [0.29, 0.717) is 12.2 Å². The van der Waals surface area contributed by atoms with Crippen LogP contribution in [0.4, 0.5) is 11.6 Å². The molecule has 0 radical (unpaired) electrons. The van der Waals surface area contributed by atoms with Gasteiger partial charge in [-0.1, -0.05) is 36.4 Å². The molecule has 1 aliphatic rings. The second-order valence-electron chi connectivity index (χ2n) is 10.2. The number of rotatable bonds is 8. The van der Waals surface area contributed by atoms with Crippen LogP contribution in [0.15, 0.2) is 79.3 Å². The Kier molecular flexibility index (Phi) is 6.66. The highest BCUT2D eigenvalue weighted by molar-refractivity contribution is 5.87. The predicted octanol–water partition coefficient (Wildman–Crippen LogP) is 4.13. The van der Waals surface area contributed by atoms with E-state index in [0.717, 1.165) is 53.6 Å². The van der Waals surface area contributed by atoms with Gasteiger partial charge in [0, 0.05) is 18.1 Å². The van der Waals surface area contributed by atoms with Gasteiger partial charge < -0.3 is 25.8 Å². The molecule has 4 atom stereocenters. The molecular weight excluding hydrogens is 476 g/mol. The standard InChI is InChI=1S/C30H32N6O2/c31-26-11-9-21-16-20(7-10-24(21)35-26)6-8-22-17-25(28(38)27(22)37)36-15-13-23-29(33-18-34-30(23)36)32-14-12-19-4-2-1-3-5-19/h1-5,7,9-11,13,15-16,18,22,25,27-28,37-38H,6,8,12,14,17H2,(H2,31,35)(H,32,33,34)/t22-,25+,27+,28-/m0/s1. The first-order valence-electron chi connectivity index (χ1n) is 13.2. The summed E-state index contributed by atoms with van der Waals surface area (Å²) in [6.07, 6.45) is 5.03. The highest BCUT2D eigenvalue weighted by atomic mass is 16.3. The van der Waals surface area contributed by atoms with Crippen LogP contribution < -0.4 is 11.1 Å². The van der Waals surface area contributed by atoms with Crippen LogP contribution in [0.1, 0.15) is 30.0 Å². The van der Waals surface area contributed by atoms with E-state index in [4.69, 9.17) is 5.73 Å². The van der Waals surface area contributed by atoms with Gasteiger partial charge in [-0.25, -0.2) is 15.0 Å². The lowest BCUT2D eigenvalue weighted by molar-refractivity contribution is 0.00545. The fourth-order valence-electron chi connectivity index (χ4n) is 5.71. The lowest BCUT2D eigenvalue weighted by Crippen LogP contribution is -2.29. The van der Waals surface area contributed by atoms with E-state index < -0.39 is 12.2 Å². The average Bonchev–Trinajstić information content (AvgIpc) is 3.49. The molecular formula is C30H32N6O2. The van der Waals surface area contributed by atoms with Gasteiger partial charge in [-0.3, -0.25) is 0 Å². The molecule has 5 aromatic rings. The third kappa shape index (κ3) is 4.80. The van der Waals surface area contributed by atoms with Crippen LogP contribution in [0.5, 0.6) is 0 Å². The molecule has 6 rings (SSSR count). The largest absolute Gasteiger partial charge is 0.390 e. The average molecular weight is 509 g/mol. The Labute approximate surface area is 221 Å². The van der Waals surface area contributed by atoms with Crippen LogP contribution in [-0.2, 0) is 12.8 Å². The summed E-state index contributed by atoms with van der Waals surface area (Å²) in [6.45, 7) is 0.756. The summed E-state index contributed by atoms with van der Waals surface area (Å²) in [6, 6.07) is 22.0. The summed E-state index contributed by atoms with van der Waals surface area (Å²) in [5, 5.41) is 27.3. The van der Waals surface area contributed by atoms with Crippen molar-refractivity contribution in [1.29, 1.82) is 0 Å². The molecule has 5 N–H and O–H groups in total. The van der Waals surface area contributed by atoms with Crippen LogP contribution in [0.3, 0.4) is 0 Å². The van der Waals surface area contributed by atoms with Gasteiger partial charge in [0.1, 0.15) is 29.7 Å². The first-order valence-corrected chi connectivity index (χ1v) is 13.2. The topological polar surface area (TPSA) is 122 Å². The molecule has 0 spiro atoms. The monoisotopic (exact) mass is 508 g/mol. The Balaban J connectivity index is 1.14. The van der Waals surface area contributed by atoms with Crippen molar-refractivity contribution in [2.24, 2.45) is 5.92 Å². The molecule has 8 nitrogen and oxygen atoms in total. The number of aryl methyl sites for hydroxylation is 1. The van der Waals surface area contributed by atoms with Crippen molar-refractivity contribution in [1.82, 2.24) is 19.5 Å². The molecule has 8 heteroatoms. The molecule has 1 saturated carbocycles. The smallest absolute Gasteiger partial charge is 0.145 e. The quantitative estimate of drug-likeness (QED) is 0.249. The number of hydrogen-bond donors (Lipinski definition) is 4. The molecule has 0 bridgehead atoms. The molecule has 1 fully saturated rings. The zero-order valence-corrected chi connectivity index (χ0v) is 21.1. The number of fused-ring (bicyclic) bond motifs is 2. The summed E-state index contributed by atoms with van der Waals surface area (Å²) in [4.78, 5) is 13.4. The van der Waals surface area contributed by atoms with Crippen LogP contribution in [0, 0.1) is 5.92 Å². The van der Waals surface area contributed by atoms with E-state index in [9.17, 15) is 10.2 Å². The van der Waals surface area contributed by atoms with Gasteiger partial charge in [0.15, 0.2) is 0 Å². The predicted molar refractivity (Wildman–Crippen MR) is 150 cm³/mol. The van der Waals surface area contributed by atoms with Crippen LogP contribution in [0.2, 0.25) is 0 Å². The zero-order valence-electron chi connectivity index (χ0n) is 21.1. The van der Waals surface area contributed by atoms with Crippen molar-refractivity contribution in [2.75, 3.05) is 17.6 Å². The van der Waals surface area contributed by atoms with Gasteiger partial charge in [-0.2, -0.15) is 0 Å². The first kappa shape index (κ1) is 24.3. The van der Waals surface area contributed by atoms with E-state index >= 15 is 0 Å². The van der Waals surface area contributed by atoms with Crippen molar-refractivity contribution in [3.8, 4) is 0 Å². The van der Waals surface area contributed by atoms with Gasteiger partial charge in [-0.15, -0.1) is 0 Å². The number of nitrogens with one attached hydrogen (secondary N) is 1. The molecule has 0 amide bonds. The molecule has 0 unspecified atom stereocenters. The fourth-order valence-corrected chi connectivity index (χ4v) is 5.71. The Hall–Kier alpha value is -4.01. The summed E-state index contributed by atoms with van der Waals surface area (Å²) in [5.41, 5.74) is 9.88. The number of nitrogens with zero attached hydrogens (tertiary/aromatic N) is 4. The Morgan fingerprint density at radius 1 is 0.921 bits per heavy atom. The Bertz CT molecular complexity index is 1550. The highest BCUT2D eigenvalue weighted by Crippen LogP contribution is 2.40. The number of benzene rings is 2. The van der Waals surface area contributed by atoms with Gasteiger partial charge in [0.2, 0.25) is 0 Å². The second kappa shape index (κ2) is 10.4. The Morgan fingerprint density at radius 3 is 2.66 bits per heavy atom. The maximum Gasteiger partial charge on any atom is 0.145 e. The number of anilines is 2. The molecule has 3 aromatic heterocycles. The van der Waals surface area contributed by atoms with Gasteiger partial charge >= 0.3 is 0 Å². The van der Waals surface area contributed by atoms with Crippen molar-refractivity contribution in [3.05, 3.63) is 90.4 Å². The lowest BCUT2D eigenvalue weighted by atomic mass is 9.95. The van der Waals surface area contributed by atoms with Gasteiger partial charge in [0.05, 0.1) is 23.0 Å². The maximum atomic E-state index is 11.0. The van der Waals surface area contributed by atoms with Crippen molar-refractivity contribution >= 4 is 33.6 Å². The van der Waals surface area contributed by atoms with E-state index in [1.807, 2.05) is 53.2 Å². The maximum absolute atomic E-state index is 11.0. The molecule has 2 aromatic carbocycles. The zero-order chi connectivity index (χ0) is 26.1. The minimum absolute atomic E-state index is 0.0157. The minimum atomic E-state index is -0.858. The summed E-state index contributed by atoms with van der Waals surface area (Å²) in [7, 11) is 0. The lowest BCUT2D eigenvalue weighted by Gasteiger charge is -2.19. The number of hydrogen-bond acceptors (Lipinski definition) is 7. The third-order valence-electron chi connectivity index (χ3n) is 7.77. The summed E-state index contributed by atoms with van der Waals surface area (Å²) < 4.78 is 2.00. The van der Waals surface area contributed by atoms with Crippen LogP contribution in [0.25, 0.3) is 21.9 Å². The summed E-state index contributed by atoms with van der Waals surface area (Å²) in [5.74, 6) is 1.28. The molecule has 1 aliphatic carbocycles. The molecule has 0 aliphatic heterocycles. The minimum Gasteiger partial charge on any atom is -0.390 e. The van der Waals surface area contributed by atoms with E-state index in [1.54, 1.807) is 6.33 Å². The van der Waals surface area contributed by atoms with E-state index in [-0.39, 0.29) is 12.0 Å². The number of nitrogens with two attached hydrogens (primary N) is 1. The number of aliphatic hydroxyl groups is 2. The van der Waals surface area contributed by atoms with Crippen molar-refractivity contribution in [2.45, 2.75) is 43.9 Å². The Morgan fingerprint density at radius 2 is 1.79 bits per heavy atom. The number of nitrogen functional groups attached to an aromatic ring is 1. The number of aromatic nitrogens is 4. The van der Waals surface area contributed by atoms with E-state index in [1.165, 1.54) is 11.1 Å². The van der Waals surface area contributed by atoms with Crippen molar-refractivity contribution in [3.63, 3.8) is 0 Å². The SMILES string of the molecule is Nc1ccc2cc(CC[C@H]3C[C@@H](n4ccc5c(NCCc6ccccc6)ncnc54)[C@H](O)[C@@H]3O)ccc2n1. The van der Waals surface area contributed by atoms with Crippen LogP contribution in [-0.4, -0.2) is 48.5 Å².